The third kappa shape index (κ3) is 5.36. The van der Waals surface area contributed by atoms with Crippen LogP contribution < -0.4 is 5.32 Å². The van der Waals surface area contributed by atoms with Gasteiger partial charge in [0.25, 0.3) is 11.8 Å². The molecule has 0 aliphatic heterocycles. The molecule has 0 fully saturated rings. The number of allylic oxidation sites excluding steroid dienone is 3. The zero-order valence-electron chi connectivity index (χ0n) is 19.5. The van der Waals surface area contributed by atoms with Gasteiger partial charge in [-0.2, -0.15) is 10.2 Å². The summed E-state index contributed by atoms with van der Waals surface area (Å²) in [6, 6.07) is 14.3. The molecule has 2 aromatic carbocycles. The minimum atomic E-state index is -0.703. The monoisotopic (exact) mass is 472 g/mol. The van der Waals surface area contributed by atoms with E-state index in [1.807, 2.05) is 24.3 Å². The average Bonchev–Trinajstić information content (AvgIpc) is 3.35. The Hall–Kier alpha value is -4.09. The number of aromatic nitrogens is 2. The molecule has 0 saturated carbocycles. The first kappa shape index (κ1) is 24.0. The number of nitrogens with zero attached hydrogens (tertiary/aromatic N) is 3. The normalized spacial score (nSPS) is 15.2. The van der Waals surface area contributed by atoms with Gasteiger partial charge >= 0.3 is 0 Å². The number of benzene rings is 2. The Labute approximate surface area is 202 Å². The molecule has 8 heteroatoms. The predicted octanol–water partition coefficient (Wildman–Crippen LogP) is 4.96. The fourth-order valence-electron chi connectivity index (χ4n) is 4.12. The highest BCUT2D eigenvalue weighted by Gasteiger charge is 2.25. The molecular weight excluding hydrogens is 447 g/mol. The van der Waals surface area contributed by atoms with Crippen LogP contribution in [0.2, 0.25) is 0 Å². The highest BCUT2D eigenvalue weighted by atomic mass is 19.1. The van der Waals surface area contributed by atoms with E-state index in [4.69, 9.17) is 14.5 Å². The largest absolute Gasteiger partial charge is 0.384 e. The van der Waals surface area contributed by atoms with Crippen molar-refractivity contribution in [3.05, 3.63) is 83.0 Å². The number of carbonyl (C=O) groups is 1. The summed E-state index contributed by atoms with van der Waals surface area (Å²) < 4.78 is 25.6. The minimum absolute atomic E-state index is 0.110. The van der Waals surface area contributed by atoms with Crippen LogP contribution >= 0.6 is 0 Å². The number of hydrogen-bond acceptors (Lipinski definition) is 6. The second-order valence-corrected chi connectivity index (χ2v) is 8.27. The number of nitrogens with one attached hydrogen (secondary N) is 1. The first-order chi connectivity index (χ1) is 17.0. The quantitative estimate of drug-likeness (QED) is 0.465. The number of rotatable bonds is 8. The van der Waals surface area contributed by atoms with Gasteiger partial charge in [-0.25, -0.2) is 4.39 Å². The van der Waals surface area contributed by atoms with Crippen molar-refractivity contribution in [1.82, 2.24) is 15.5 Å². The van der Waals surface area contributed by atoms with Crippen LogP contribution in [0.3, 0.4) is 0 Å². The van der Waals surface area contributed by atoms with Gasteiger partial charge in [0.05, 0.1) is 24.7 Å². The topological polar surface area (TPSA) is 101 Å². The van der Waals surface area contributed by atoms with E-state index < -0.39 is 11.7 Å². The van der Waals surface area contributed by atoms with Gasteiger partial charge in [0.1, 0.15) is 5.82 Å². The average molecular weight is 473 g/mol. The van der Waals surface area contributed by atoms with Crippen molar-refractivity contribution in [2.45, 2.75) is 19.8 Å². The van der Waals surface area contributed by atoms with Gasteiger partial charge in [0, 0.05) is 30.7 Å². The Morgan fingerprint density at radius 2 is 2.11 bits per heavy atom. The Balaban J connectivity index is 1.56. The molecule has 1 aliphatic carbocycles. The van der Waals surface area contributed by atoms with Crippen LogP contribution in [0.4, 0.5) is 4.39 Å². The van der Waals surface area contributed by atoms with Gasteiger partial charge in [-0.3, -0.25) is 4.79 Å². The molecular formula is C27H25FN4O3. The summed E-state index contributed by atoms with van der Waals surface area (Å²) in [5.74, 6) is -0.571. The molecule has 1 heterocycles. The summed E-state index contributed by atoms with van der Waals surface area (Å²) in [5, 5.41) is 15.1. The molecule has 1 aliphatic rings. The zero-order valence-corrected chi connectivity index (χ0v) is 19.5. The van der Waals surface area contributed by atoms with Crippen LogP contribution in [-0.4, -0.2) is 36.3 Å². The van der Waals surface area contributed by atoms with Crippen molar-refractivity contribution in [1.29, 1.82) is 5.26 Å². The van der Waals surface area contributed by atoms with Crippen LogP contribution in [0.1, 0.15) is 40.2 Å². The van der Waals surface area contributed by atoms with Gasteiger partial charge < -0.3 is 14.6 Å². The lowest BCUT2D eigenvalue weighted by Crippen LogP contribution is -2.25. The lowest BCUT2D eigenvalue weighted by Gasteiger charge is -2.24. The molecule has 7 nitrogen and oxygen atoms in total. The molecule has 178 valence electrons. The van der Waals surface area contributed by atoms with Crippen molar-refractivity contribution >= 4 is 17.1 Å². The van der Waals surface area contributed by atoms with E-state index in [9.17, 15) is 9.18 Å². The maximum atomic E-state index is 14.6. The Morgan fingerprint density at radius 1 is 1.29 bits per heavy atom. The number of carbonyl (C=O) groups excluding carboxylic acids is 1. The summed E-state index contributed by atoms with van der Waals surface area (Å²) in [6.07, 6.45) is 4.85. The molecule has 35 heavy (non-hydrogen) atoms. The van der Waals surface area contributed by atoms with E-state index in [2.05, 4.69) is 40.6 Å². The van der Waals surface area contributed by atoms with Crippen LogP contribution in [-0.2, 0) is 4.74 Å². The maximum Gasteiger partial charge on any atom is 0.254 e. The summed E-state index contributed by atoms with van der Waals surface area (Å²) in [5.41, 5.74) is 4.73. The van der Waals surface area contributed by atoms with Gasteiger partial charge in [-0.1, -0.05) is 47.6 Å². The number of amides is 1. The van der Waals surface area contributed by atoms with Crippen LogP contribution in [0.5, 0.6) is 0 Å². The molecule has 1 amide bonds. The number of ether oxygens (including phenoxy) is 1. The summed E-state index contributed by atoms with van der Waals surface area (Å²) >= 11 is 0. The highest BCUT2D eigenvalue weighted by molar-refractivity contribution is 5.94. The van der Waals surface area contributed by atoms with E-state index in [0.717, 1.165) is 5.57 Å². The van der Waals surface area contributed by atoms with Gasteiger partial charge in [-0.05, 0) is 42.2 Å². The van der Waals surface area contributed by atoms with Crippen molar-refractivity contribution in [3.63, 3.8) is 0 Å². The van der Waals surface area contributed by atoms with Gasteiger partial charge in [0.2, 0.25) is 5.82 Å². The standard InChI is InChI=1S/C27H25FN4O3/c1-17-6-3-4-7-21(17)22-10-9-19(14-20(22)16-34-2)27-31-25(32-35-27)18-8-11-23(24(28)15-18)26(33)30-13-5-12-29/h3-4,6-11,15,20H,5,13-14,16H2,1-2H3,(H,30,33). The van der Waals surface area contributed by atoms with Crippen molar-refractivity contribution in [2.75, 3.05) is 20.3 Å². The molecule has 0 radical (unpaired) electrons. The molecule has 1 N–H and O–H groups in total. The van der Waals surface area contributed by atoms with Crippen molar-refractivity contribution in [2.24, 2.45) is 5.92 Å². The third-order valence-electron chi connectivity index (χ3n) is 5.89. The minimum Gasteiger partial charge on any atom is -0.384 e. The smallest absolute Gasteiger partial charge is 0.254 e. The van der Waals surface area contributed by atoms with Gasteiger partial charge in [-0.15, -0.1) is 0 Å². The van der Waals surface area contributed by atoms with E-state index in [0.29, 0.717) is 24.5 Å². The Kier molecular flexibility index (Phi) is 7.48. The fourth-order valence-corrected chi connectivity index (χ4v) is 4.12. The lowest BCUT2D eigenvalue weighted by atomic mass is 9.82. The molecule has 1 atom stereocenters. The molecule has 1 unspecified atom stereocenters. The predicted molar refractivity (Wildman–Crippen MR) is 129 cm³/mol. The molecule has 3 aromatic rings. The molecule has 0 saturated heterocycles. The molecule has 4 rings (SSSR count). The first-order valence-corrected chi connectivity index (χ1v) is 11.3. The second-order valence-electron chi connectivity index (χ2n) is 8.27. The van der Waals surface area contributed by atoms with E-state index >= 15 is 0 Å². The second kappa shape index (κ2) is 10.9. The highest BCUT2D eigenvalue weighted by Crippen LogP contribution is 2.37. The van der Waals surface area contributed by atoms with E-state index in [1.165, 1.54) is 28.8 Å². The lowest BCUT2D eigenvalue weighted by molar-refractivity contribution is 0.0950. The zero-order chi connectivity index (χ0) is 24.8. The SMILES string of the molecule is COCC1CC(c2nc(-c3ccc(C(=O)NCCC#N)c(F)c3)no2)=CC=C1c1ccccc1C. The molecule has 0 spiro atoms. The van der Waals surface area contributed by atoms with Crippen LogP contribution in [0.15, 0.2) is 59.1 Å². The number of methoxy groups -OCH3 is 1. The van der Waals surface area contributed by atoms with Crippen molar-refractivity contribution < 1.29 is 18.4 Å². The first-order valence-electron chi connectivity index (χ1n) is 11.3. The van der Waals surface area contributed by atoms with Crippen LogP contribution in [0, 0.1) is 30.0 Å². The molecule has 0 bridgehead atoms. The number of halogens is 1. The third-order valence-corrected chi connectivity index (χ3v) is 5.89. The molecule has 1 aromatic heterocycles. The summed E-state index contributed by atoms with van der Waals surface area (Å²) in [7, 11) is 1.68. The Morgan fingerprint density at radius 3 is 2.86 bits per heavy atom. The van der Waals surface area contributed by atoms with Crippen molar-refractivity contribution in [3.8, 4) is 17.5 Å². The van der Waals surface area contributed by atoms with E-state index in [1.54, 1.807) is 13.2 Å². The number of hydrogen-bond donors (Lipinski definition) is 1. The van der Waals surface area contributed by atoms with E-state index in [-0.39, 0.29) is 30.3 Å². The summed E-state index contributed by atoms with van der Waals surface area (Å²) in [4.78, 5) is 16.6. The fraction of sp³-hybridized carbons (Fsp3) is 0.259. The number of nitriles is 1. The van der Waals surface area contributed by atoms with Crippen LogP contribution in [0.25, 0.3) is 22.5 Å². The Bertz CT molecular complexity index is 1340. The van der Waals surface area contributed by atoms with Gasteiger partial charge in [0.15, 0.2) is 0 Å². The number of aryl methyl sites for hydroxylation is 1. The maximum absolute atomic E-state index is 14.6. The summed E-state index contributed by atoms with van der Waals surface area (Å²) in [6.45, 7) is 2.79.